The van der Waals surface area contributed by atoms with Crippen LogP contribution in [0.2, 0.25) is 0 Å². The molecule has 0 saturated carbocycles. The van der Waals surface area contributed by atoms with Gasteiger partial charge in [0.25, 0.3) is 0 Å². The zero-order valence-electron chi connectivity index (χ0n) is 12.4. The van der Waals surface area contributed by atoms with Gasteiger partial charge in [-0.25, -0.2) is 22.3 Å². The zero-order chi connectivity index (χ0) is 16.4. The molecular formula is C15H15BrFN3O2S. The maximum atomic E-state index is 13.6. The number of sulfone groups is 1. The molecule has 4 rings (SSSR count). The van der Waals surface area contributed by atoms with E-state index < -0.39 is 9.84 Å². The Labute approximate surface area is 140 Å². The first-order valence-corrected chi connectivity index (χ1v) is 9.96. The molecule has 1 N–H and O–H groups in total. The van der Waals surface area contributed by atoms with Crippen molar-refractivity contribution >= 4 is 42.4 Å². The topological polar surface area (TPSA) is 67.2 Å². The van der Waals surface area contributed by atoms with E-state index in [2.05, 4.69) is 32.9 Å². The second-order valence-electron chi connectivity index (χ2n) is 6.43. The van der Waals surface area contributed by atoms with Crippen LogP contribution in [0, 0.1) is 5.82 Å². The fraction of sp³-hybridized carbons (Fsp3) is 0.400. The van der Waals surface area contributed by atoms with Crippen molar-refractivity contribution in [3.05, 3.63) is 34.2 Å². The first-order valence-electron chi connectivity index (χ1n) is 7.35. The Morgan fingerprint density at radius 1 is 1.35 bits per heavy atom. The largest absolute Gasteiger partial charge is 0.299 e. The minimum atomic E-state index is -2.93. The summed E-state index contributed by atoms with van der Waals surface area (Å²) in [7, 11) is -2.93. The number of H-pyrrole nitrogens is 1. The van der Waals surface area contributed by atoms with Crippen molar-refractivity contribution in [3.8, 4) is 0 Å². The van der Waals surface area contributed by atoms with Gasteiger partial charge in [0.15, 0.2) is 5.65 Å². The summed E-state index contributed by atoms with van der Waals surface area (Å²) in [5.74, 6) is 0.0420. The number of benzene rings is 1. The van der Waals surface area contributed by atoms with Crippen molar-refractivity contribution in [1.82, 2.24) is 14.6 Å². The zero-order valence-corrected chi connectivity index (χ0v) is 14.8. The van der Waals surface area contributed by atoms with Crippen LogP contribution < -0.4 is 0 Å². The van der Waals surface area contributed by atoms with Gasteiger partial charge in [-0.2, -0.15) is 0 Å². The quantitative estimate of drug-likeness (QED) is 0.682. The number of aromatic amines is 1. The van der Waals surface area contributed by atoms with Crippen LogP contribution in [0.1, 0.15) is 25.3 Å². The monoisotopic (exact) mass is 399 g/mol. The summed E-state index contributed by atoms with van der Waals surface area (Å²) in [6, 6.07) is 2.81. The highest BCUT2D eigenvalue weighted by Gasteiger charge is 2.37. The molecule has 1 aliphatic rings. The highest BCUT2D eigenvalue weighted by atomic mass is 79.9. The predicted octanol–water partition coefficient (Wildman–Crippen LogP) is 3.18. The Kier molecular flexibility index (Phi) is 3.16. The van der Waals surface area contributed by atoms with Gasteiger partial charge < -0.3 is 0 Å². The summed E-state index contributed by atoms with van der Waals surface area (Å²) in [6.07, 6.45) is 3.03. The van der Waals surface area contributed by atoms with Gasteiger partial charge in [0.05, 0.1) is 17.0 Å². The van der Waals surface area contributed by atoms with Crippen molar-refractivity contribution < 1.29 is 12.8 Å². The number of aromatic nitrogens is 3. The van der Waals surface area contributed by atoms with E-state index in [9.17, 15) is 12.8 Å². The molecule has 0 atom stereocenters. The number of hydrogen-bond acceptors (Lipinski definition) is 3. The third kappa shape index (κ3) is 2.30. The van der Waals surface area contributed by atoms with Gasteiger partial charge in [-0.05, 0) is 40.3 Å². The van der Waals surface area contributed by atoms with Gasteiger partial charge >= 0.3 is 0 Å². The van der Waals surface area contributed by atoms with Crippen LogP contribution in [-0.4, -0.2) is 34.5 Å². The molecule has 3 heterocycles. The van der Waals surface area contributed by atoms with Crippen molar-refractivity contribution in [3.63, 3.8) is 0 Å². The standard InChI is InChI=1S/C15H15BrFN3O2S/c1-15(2-4-23(21,22)5-3-15)10-8-18-20-13-11(16)6-9(17)7-12(13)19-14(10)20/h6-8,18H,2-5H2,1H3. The predicted molar refractivity (Wildman–Crippen MR) is 89.9 cm³/mol. The van der Waals surface area contributed by atoms with E-state index in [0.29, 0.717) is 22.8 Å². The molecule has 0 unspecified atom stereocenters. The lowest BCUT2D eigenvalue weighted by Crippen LogP contribution is -2.34. The lowest BCUT2D eigenvalue weighted by Gasteiger charge is -2.32. The van der Waals surface area contributed by atoms with Gasteiger partial charge in [-0.3, -0.25) is 5.10 Å². The Morgan fingerprint density at radius 3 is 2.74 bits per heavy atom. The maximum absolute atomic E-state index is 13.6. The Morgan fingerprint density at radius 2 is 2.04 bits per heavy atom. The van der Waals surface area contributed by atoms with Crippen molar-refractivity contribution in [1.29, 1.82) is 0 Å². The van der Waals surface area contributed by atoms with E-state index >= 15 is 0 Å². The molecule has 1 aliphatic heterocycles. The van der Waals surface area contributed by atoms with Crippen molar-refractivity contribution in [2.45, 2.75) is 25.2 Å². The highest BCUT2D eigenvalue weighted by molar-refractivity contribution is 9.10. The van der Waals surface area contributed by atoms with E-state index in [1.165, 1.54) is 12.1 Å². The number of halogens is 2. The number of nitrogens with zero attached hydrogens (tertiary/aromatic N) is 2. The summed E-state index contributed by atoms with van der Waals surface area (Å²) in [5, 5.41) is 3.17. The normalized spacial score (nSPS) is 20.3. The Bertz CT molecular complexity index is 1020. The molecule has 23 heavy (non-hydrogen) atoms. The molecule has 0 radical (unpaired) electrons. The van der Waals surface area contributed by atoms with Crippen LogP contribution >= 0.6 is 15.9 Å². The second kappa shape index (κ2) is 4.80. The molecule has 1 saturated heterocycles. The summed E-state index contributed by atoms with van der Waals surface area (Å²) in [6.45, 7) is 2.07. The molecule has 1 aromatic carbocycles. The highest BCUT2D eigenvalue weighted by Crippen LogP contribution is 2.39. The van der Waals surface area contributed by atoms with Gasteiger partial charge in [-0.1, -0.05) is 6.92 Å². The molecule has 0 amide bonds. The summed E-state index contributed by atoms with van der Waals surface area (Å²) in [4.78, 5) is 4.57. The molecule has 0 bridgehead atoms. The minimum Gasteiger partial charge on any atom is -0.299 e. The third-order valence-corrected chi connectivity index (χ3v) is 7.09. The molecule has 3 aromatic rings. The molecule has 1 fully saturated rings. The number of rotatable bonds is 1. The van der Waals surface area contributed by atoms with Crippen LogP contribution in [0.3, 0.4) is 0 Å². The first-order chi connectivity index (χ1) is 10.8. The number of nitrogens with one attached hydrogen (secondary N) is 1. The van der Waals surface area contributed by atoms with Crippen molar-refractivity contribution in [2.75, 3.05) is 11.5 Å². The fourth-order valence-corrected chi connectivity index (χ4v) is 5.66. The van der Waals surface area contributed by atoms with Crippen LogP contribution in [0.5, 0.6) is 0 Å². The Hall–Kier alpha value is -1.41. The van der Waals surface area contributed by atoms with E-state index in [0.717, 1.165) is 16.7 Å². The number of imidazole rings is 1. The van der Waals surface area contributed by atoms with Gasteiger partial charge in [0, 0.05) is 22.3 Å². The van der Waals surface area contributed by atoms with E-state index in [4.69, 9.17) is 0 Å². The SMILES string of the molecule is CC1(c2c[nH]n3c2nc2cc(F)cc(Br)c23)CCS(=O)(=O)CC1. The first kappa shape index (κ1) is 15.1. The lowest BCUT2D eigenvalue weighted by atomic mass is 9.79. The van der Waals surface area contributed by atoms with Gasteiger partial charge in [0.2, 0.25) is 0 Å². The van der Waals surface area contributed by atoms with E-state index in [1.807, 2.05) is 10.7 Å². The number of fused-ring (bicyclic) bond motifs is 3. The van der Waals surface area contributed by atoms with E-state index in [-0.39, 0.29) is 22.7 Å². The third-order valence-electron chi connectivity index (χ3n) is 4.83. The van der Waals surface area contributed by atoms with Crippen LogP contribution in [0.15, 0.2) is 22.8 Å². The van der Waals surface area contributed by atoms with E-state index in [1.54, 1.807) is 0 Å². The Balaban J connectivity index is 1.90. The second-order valence-corrected chi connectivity index (χ2v) is 9.58. The van der Waals surface area contributed by atoms with Gasteiger partial charge in [0.1, 0.15) is 21.2 Å². The summed E-state index contributed by atoms with van der Waals surface area (Å²) in [5.41, 5.74) is 2.81. The summed E-state index contributed by atoms with van der Waals surface area (Å²) < 4.78 is 39.5. The number of hydrogen-bond donors (Lipinski definition) is 1. The van der Waals surface area contributed by atoms with Crippen molar-refractivity contribution in [2.24, 2.45) is 0 Å². The molecular weight excluding hydrogens is 385 g/mol. The molecule has 0 spiro atoms. The van der Waals surface area contributed by atoms with Crippen LogP contribution in [-0.2, 0) is 15.3 Å². The molecule has 0 aliphatic carbocycles. The lowest BCUT2D eigenvalue weighted by molar-refractivity contribution is 0.421. The smallest absolute Gasteiger partial charge is 0.157 e. The molecule has 8 heteroatoms. The average molecular weight is 400 g/mol. The summed E-state index contributed by atoms with van der Waals surface area (Å²) >= 11 is 3.38. The molecule has 2 aromatic heterocycles. The fourth-order valence-electron chi connectivity index (χ4n) is 3.33. The van der Waals surface area contributed by atoms with Crippen LogP contribution in [0.25, 0.3) is 16.7 Å². The average Bonchev–Trinajstić information content (AvgIpc) is 3.00. The maximum Gasteiger partial charge on any atom is 0.157 e. The van der Waals surface area contributed by atoms with Crippen LogP contribution in [0.4, 0.5) is 4.39 Å². The van der Waals surface area contributed by atoms with Gasteiger partial charge in [-0.15, -0.1) is 0 Å². The molecule has 122 valence electrons. The minimum absolute atomic E-state index is 0.194. The molecule has 5 nitrogen and oxygen atoms in total.